The van der Waals surface area contributed by atoms with Gasteiger partial charge in [0.15, 0.2) is 0 Å². The third-order valence-electron chi connectivity index (χ3n) is 3.13. The van der Waals surface area contributed by atoms with Crippen LogP contribution in [0.2, 0.25) is 0 Å². The van der Waals surface area contributed by atoms with Crippen LogP contribution >= 0.6 is 11.8 Å². The van der Waals surface area contributed by atoms with Gasteiger partial charge in [0.2, 0.25) is 0 Å². The zero-order chi connectivity index (χ0) is 16.5. The van der Waals surface area contributed by atoms with Crippen molar-refractivity contribution in [3.63, 3.8) is 0 Å². The van der Waals surface area contributed by atoms with E-state index in [9.17, 15) is 4.79 Å². The number of ether oxygens (including phenoxy) is 2. The molecule has 5 nitrogen and oxygen atoms in total. The van der Waals surface area contributed by atoms with E-state index >= 15 is 0 Å². The number of para-hydroxylation sites is 1. The highest BCUT2D eigenvalue weighted by Gasteiger charge is 2.13. The van der Waals surface area contributed by atoms with Crippen molar-refractivity contribution in [3.05, 3.63) is 54.1 Å². The first-order valence-corrected chi connectivity index (χ1v) is 7.65. The molecule has 122 valence electrons. The third-order valence-corrected chi connectivity index (χ3v) is 3.32. The fourth-order valence-corrected chi connectivity index (χ4v) is 2.13. The summed E-state index contributed by atoms with van der Waals surface area (Å²) >= 11 is 5.37. The lowest BCUT2D eigenvalue weighted by Crippen LogP contribution is -2.26. The van der Waals surface area contributed by atoms with Gasteiger partial charge in [-0.2, -0.15) is 0 Å². The maximum absolute atomic E-state index is 12.2. The van der Waals surface area contributed by atoms with Crippen molar-refractivity contribution in [1.29, 1.82) is 0 Å². The molecular formula is C17H19ClN2O3. The Morgan fingerprint density at radius 2 is 1.87 bits per heavy atom. The summed E-state index contributed by atoms with van der Waals surface area (Å²) in [7, 11) is 1.52. The third kappa shape index (κ3) is 5.16. The zero-order valence-electron chi connectivity index (χ0n) is 12.8. The topological polar surface area (TPSA) is 59.6 Å². The summed E-state index contributed by atoms with van der Waals surface area (Å²) in [6.07, 6.45) is 0.743. The SMILES string of the molecule is COc1cc(Oc2ccccc2)ccc1C(=O)NCCCNCl. The normalized spacial score (nSPS) is 10.2. The molecule has 0 heterocycles. The van der Waals surface area contributed by atoms with Crippen LogP contribution in [0.5, 0.6) is 17.2 Å². The first kappa shape index (κ1) is 17.1. The standard InChI is InChI=1S/C17H19ClN2O3/c1-22-16-12-14(23-13-6-3-2-4-7-13)8-9-15(16)17(21)19-10-5-11-20-18/h2-4,6-9,12,20H,5,10-11H2,1H3,(H,19,21). The second-order valence-electron chi connectivity index (χ2n) is 4.77. The second kappa shape index (κ2) is 9.02. The summed E-state index contributed by atoms with van der Waals surface area (Å²) in [6.45, 7) is 1.16. The first-order valence-electron chi connectivity index (χ1n) is 7.27. The van der Waals surface area contributed by atoms with Crippen molar-refractivity contribution in [2.24, 2.45) is 0 Å². The number of rotatable bonds is 8. The van der Waals surface area contributed by atoms with Gasteiger partial charge in [-0.25, -0.2) is 4.84 Å². The molecule has 2 aromatic rings. The molecule has 1 amide bonds. The Morgan fingerprint density at radius 1 is 1.09 bits per heavy atom. The largest absolute Gasteiger partial charge is 0.496 e. The van der Waals surface area contributed by atoms with E-state index in [2.05, 4.69) is 10.2 Å². The minimum absolute atomic E-state index is 0.192. The highest BCUT2D eigenvalue weighted by atomic mass is 35.5. The van der Waals surface area contributed by atoms with Crippen molar-refractivity contribution in [2.75, 3.05) is 20.2 Å². The van der Waals surface area contributed by atoms with Crippen LogP contribution in [-0.2, 0) is 0 Å². The molecule has 0 saturated carbocycles. The van der Waals surface area contributed by atoms with E-state index < -0.39 is 0 Å². The van der Waals surface area contributed by atoms with Crippen molar-refractivity contribution >= 4 is 17.7 Å². The van der Waals surface area contributed by atoms with Gasteiger partial charge in [-0.3, -0.25) is 4.79 Å². The maximum atomic E-state index is 12.2. The van der Waals surface area contributed by atoms with Gasteiger partial charge in [0.05, 0.1) is 12.7 Å². The highest BCUT2D eigenvalue weighted by molar-refractivity contribution is 6.13. The van der Waals surface area contributed by atoms with Crippen LogP contribution in [0, 0.1) is 0 Å². The van der Waals surface area contributed by atoms with E-state index in [0.717, 1.165) is 12.2 Å². The van der Waals surface area contributed by atoms with E-state index in [0.29, 0.717) is 30.2 Å². The number of methoxy groups -OCH3 is 1. The Kier molecular flexibility index (Phi) is 6.72. The van der Waals surface area contributed by atoms with Crippen molar-refractivity contribution in [2.45, 2.75) is 6.42 Å². The van der Waals surface area contributed by atoms with Crippen LogP contribution in [0.1, 0.15) is 16.8 Å². The van der Waals surface area contributed by atoms with E-state index in [1.54, 1.807) is 18.2 Å². The summed E-state index contributed by atoms with van der Waals surface area (Å²) in [6, 6.07) is 14.5. The fraction of sp³-hybridized carbons (Fsp3) is 0.235. The van der Waals surface area contributed by atoms with Gasteiger partial charge in [0, 0.05) is 19.2 Å². The molecule has 2 N–H and O–H groups in total. The molecule has 0 aliphatic carbocycles. The summed E-state index contributed by atoms with van der Waals surface area (Å²) < 4.78 is 11.0. The lowest BCUT2D eigenvalue weighted by atomic mass is 10.1. The average Bonchev–Trinajstić information content (AvgIpc) is 2.59. The zero-order valence-corrected chi connectivity index (χ0v) is 13.6. The monoisotopic (exact) mass is 334 g/mol. The number of benzene rings is 2. The van der Waals surface area contributed by atoms with Gasteiger partial charge in [-0.15, -0.1) is 0 Å². The van der Waals surface area contributed by atoms with Crippen LogP contribution in [0.4, 0.5) is 0 Å². The molecule has 0 saturated heterocycles. The van der Waals surface area contributed by atoms with Crippen molar-refractivity contribution in [3.8, 4) is 17.2 Å². The minimum Gasteiger partial charge on any atom is -0.496 e. The molecule has 0 aromatic heterocycles. The number of carbonyl (C=O) groups excluding carboxylic acids is 1. The van der Waals surface area contributed by atoms with E-state index in [4.69, 9.17) is 21.3 Å². The molecule has 0 aliphatic heterocycles. The molecule has 0 spiro atoms. The molecule has 0 unspecified atom stereocenters. The van der Waals surface area contributed by atoms with Crippen LogP contribution in [-0.4, -0.2) is 26.1 Å². The Labute approximate surface area is 140 Å². The second-order valence-corrected chi connectivity index (χ2v) is 5.04. The van der Waals surface area contributed by atoms with Gasteiger partial charge in [-0.1, -0.05) is 18.2 Å². The van der Waals surface area contributed by atoms with Crippen LogP contribution < -0.4 is 19.6 Å². The fourth-order valence-electron chi connectivity index (χ4n) is 2.00. The number of hydrogen-bond acceptors (Lipinski definition) is 4. The summed E-state index contributed by atoms with van der Waals surface area (Å²) in [5.41, 5.74) is 0.465. The first-order chi connectivity index (χ1) is 11.2. The summed E-state index contributed by atoms with van der Waals surface area (Å²) in [4.78, 5) is 14.7. The van der Waals surface area contributed by atoms with Crippen LogP contribution in [0.25, 0.3) is 0 Å². The average molecular weight is 335 g/mol. The smallest absolute Gasteiger partial charge is 0.255 e. The maximum Gasteiger partial charge on any atom is 0.255 e. The summed E-state index contributed by atoms with van der Waals surface area (Å²) in [5.74, 6) is 1.60. The number of carbonyl (C=O) groups is 1. The van der Waals surface area contributed by atoms with E-state index in [-0.39, 0.29) is 5.91 Å². The van der Waals surface area contributed by atoms with E-state index in [1.807, 2.05) is 30.3 Å². The summed E-state index contributed by atoms with van der Waals surface area (Å²) in [5, 5.41) is 2.82. The molecular weight excluding hydrogens is 316 g/mol. The molecule has 0 radical (unpaired) electrons. The predicted molar refractivity (Wildman–Crippen MR) is 90.3 cm³/mol. The molecule has 23 heavy (non-hydrogen) atoms. The van der Waals surface area contributed by atoms with Crippen molar-refractivity contribution < 1.29 is 14.3 Å². The number of hydrogen-bond donors (Lipinski definition) is 2. The highest BCUT2D eigenvalue weighted by Crippen LogP contribution is 2.28. The molecule has 6 heteroatoms. The van der Waals surface area contributed by atoms with Gasteiger partial charge >= 0.3 is 0 Å². The number of halogens is 1. The quantitative estimate of drug-likeness (QED) is 0.574. The Balaban J connectivity index is 2.05. The Hall–Kier alpha value is -2.24. The van der Waals surface area contributed by atoms with Gasteiger partial charge in [0.1, 0.15) is 17.2 Å². The Bertz CT molecular complexity index is 635. The molecule has 0 aliphatic rings. The minimum atomic E-state index is -0.192. The number of nitrogens with one attached hydrogen (secondary N) is 2. The molecule has 0 fully saturated rings. The lowest BCUT2D eigenvalue weighted by Gasteiger charge is -2.12. The molecule has 2 aromatic carbocycles. The van der Waals surface area contributed by atoms with Gasteiger partial charge < -0.3 is 14.8 Å². The van der Waals surface area contributed by atoms with Crippen LogP contribution in [0.3, 0.4) is 0 Å². The Morgan fingerprint density at radius 3 is 2.57 bits per heavy atom. The van der Waals surface area contributed by atoms with Crippen molar-refractivity contribution in [1.82, 2.24) is 10.2 Å². The van der Waals surface area contributed by atoms with E-state index in [1.165, 1.54) is 7.11 Å². The predicted octanol–water partition coefficient (Wildman–Crippen LogP) is 3.35. The van der Waals surface area contributed by atoms with Gasteiger partial charge in [-0.05, 0) is 42.5 Å². The van der Waals surface area contributed by atoms with Crippen LogP contribution in [0.15, 0.2) is 48.5 Å². The lowest BCUT2D eigenvalue weighted by molar-refractivity contribution is 0.0950. The number of amides is 1. The molecule has 0 bridgehead atoms. The molecule has 0 atom stereocenters. The van der Waals surface area contributed by atoms with Gasteiger partial charge in [0.25, 0.3) is 5.91 Å². The molecule has 2 rings (SSSR count).